The molecule has 0 aliphatic rings. The molecule has 21 heavy (non-hydrogen) atoms. The molecule has 0 fully saturated rings. The number of thiazole rings is 2. The lowest BCUT2D eigenvalue weighted by Crippen LogP contribution is -2.16. The number of rotatable bonds is 4. The zero-order chi connectivity index (χ0) is 15.8. The largest absolute Gasteiger partial charge is 0.476 e. The summed E-state index contributed by atoms with van der Waals surface area (Å²) in [5, 5.41) is 10.9. The van der Waals surface area contributed by atoms with Crippen LogP contribution in [0.25, 0.3) is 0 Å². The summed E-state index contributed by atoms with van der Waals surface area (Å²) < 4.78 is 26.4. The average molecular weight is 347 g/mol. The van der Waals surface area contributed by atoms with Crippen molar-refractivity contribution in [2.24, 2.45) is 0 Å². The van der Waals surface area contributed by atoms with E-state index in [2.05, 4.69) is 14.7 Å². The van der Waals surface area contributed by atoms with Crippen molar-refractivity contribution in [1.29, 1.82) is 0 Å². The molecule has 0 atom stereocenters. The van der Waals surface area contributed by atoms with Crippen LogP contribution in [0.4, 0.5) is 5.13 Å². The third-order valence-electron chi connectivity index (χ3n) is 2.48. The summed E-state index contributed by atoms with van der Waals surface area (Å²) in [7, 11) is -4.00. The van der Waals surface area contributed by atoms with Gasteiger partial charge in [-0.2, -0.15) is 0 Å². The zero-order valence-electron chi connectivity index (χ0n) is 11.4. The van der Waals surface area contributed by atoms with Crippen molar-refractivity contribution in [3.05, 3.63) is 22.3 Å². The highest BCUT2D eigenvalue weighted by atomic mass is 32.2. The summed E-state index contributed by atoms with van der Waals surface area (Å²) in [5.74, 6) is -1.38. The maximum Gasteiger partial charge on any atom is 0.356 e. The topological polar surface area (TPSA) is 109 Å². The van der Waals surface area contributed by atoms with E-state index in [1.807, 2.05) is 20.8 Å². The Hall–Kier alpha value is -1.52. The van der Waals surface area contributed by atoms with Crippen LogP contribution in [-0.2, 0) is 15.4 Å². The minimum absolute atomic E-state index is 0.198. The molecule has 10 heteroatoms. The first-order chi connectivity index (χ1) is 9.61. The summed E-state index contributed by atoms with van der Waals surface area (Å²) in [6.07, 6.45) is 0. The Labute approximate surface area is 129 Å². The molecule has 0 bridgehead atoms. The maximum absolute atomic E-state index is 12.2. The fraction of sp³-hybridized carbons (Fsp3) is 0.364. The van der Waals surface area contributed by atoms with E-state index in [4.69, 9.17) is 5.11 Å². The molecule has 0 unspecified atom stereocenters. The number of hydrogen-bond acceptors (Lipinski definition) is 7. The van der Waals surface area contributed by atoms with Crippen molar-refractivity contribution in [3.8, 4) is 0 Å². The second-order valence-electron chi connectivity index (χ2n) is 5.19. The van der Waals surface area contributed by atoms with Crippen LogP contribution in [0.5, 0.6) is 0 Å². The summed E-state index contributed by atoms with van der Waals surface area (Å²) in [6, 6.07) is 0. The van der Waals surface area contributed by atoms with Gasteiger partial charge in [0.15, 0.2) is 15.0 Å². The molecule has 2 heterocycles. The van der Waals surface area contributed by atoms with Crippen molar-refractivity contribution < 1.29 is 18.3 Å². The second kappa shape index (κ2) is 5.35. The Morgan fingerprint density at radius 3 is 2.52 bits per heavy atom. The van der Waals surface area contributed by atoms with Gasteiger partial charge < -0.3 is 5.11 Å². The summed E-state index contributed by atoms with van der Waals surface area (Å²) >= 11 is 1.90. The van der Waals surface area contributed by atoms with Crippen LogP contribution in [0.3, 0.4) is 0 Å². The van der Waals surface area contributed by atoms with E-state index in [1.165, 1.54) is 5.51 Å². The molecule has 0 spiro atoms. The highest BCUT2D eigenvalue weighted by molar-refractivity contribution is 7.94. The first kappa shape index (κ1) is 15.9. The minimum Gasteiger partial charge on any atom is -0.476 e. The van der Waals surface area contributed by atoms with Gasteiger partial charge in [0.1, 0.15) is 0 Å². The summed E-state index contributed by atoms with van der Waals surface area (Å²) in [4.78, 5) is 18.7. The van der Waals surface area contributed by atoms with Crippen LogP contribution in [-0.4, -0.2) is 29.5 Å². The maximum atomic E-state index is 12.2. The second-order valence-corrected chi connectivity index (χ2v) is 8.78. The average Bonchev–Trinajstić information content (AvgIpc) is 2.93. The molecule has 2 N–H and O–H groups in total. The lowest BCUT2D eigenvalue weighted by molar-refractivity contribution is 0.0687. The van der Waals surface area contributed by atoms with Gasteiger partial charge >= 0.3 is 5.97 Å². The fourth-order valence-electron chi connectivity index (χ4n) is 1.39. The lowest BCUT2D eigenvalue weighted by Gasteiger charge is -2.14. The molecular formula is C11H13N3O4S3. The fourth-order valence-corrected chi connectivity index (χ4v) is 4.73. The van der Waals surface area contributed by atoms with Crippen molar-refractivity contribution >= 4 is 43.8 Å². The lowest BCUT2D eigenvalue weighted by atomic mass is 9.93. The van der Waals surface area contributed by atoms with Crippen molar-refractivity contribution in [2.75, 3.05) is 4.72 Å². The highest BCUT2D eigenvalue weighted by Crippen LogP contribution is 2.29. The molecule has 7 nitrogen and oxygen atoms in total. The predicted octanol–water partition coefficient (Wildman–Crippen LogP) is 2.40. The van der Waals surface area contributed by atoms with Crippen LogP contribution in [0.15, 0.2) is 15.1 Å². The Kier molecular flexibility index (Phi) is 4.04. The van der Waals surface area contributed by atoms with Crippen LogP contribution in [0.2, 0.25) is 0 Å². The van der Waals surface area contributed by atoms with Gasteiger partial charge in [-0.05, 0) is 0 Å². The number of sulfonamides is 1. The highest BCUT2D eigenvalue weighted by Gasteiger charge is 2.27. The number of carboxylic acids is 1. The van der Waals surface area contributed by atoms with Crippen LogP contribution < -0.4 is 4.72 Å². The Morgan fingerprint density at radius 1 is 1.33 bits per heavy atom. The zero-order valence-corrected chi connectivity index (χ0v) is 13.9. The molecular weight excluding hydrogens is 334 g/mol. The van der Waals surface area contributed by atoms with E-state index in [1.54, 1.807) is 5.38 Å². The number of carboxylic acid groups (broad SMARTS) is 1. The van der Waals surface area contributed by atoms with Gasteiger partial charge in [0.2, 0.25) is 0 Å². The van der Waals surface area contributed by atoms with Crippen LogP contribution in [0.1, 0.15) is 37.0 Å². The third kappa shape index (κ3) is 3.39. The number of aromatic carboxylic acids is 1. The molecule has 0 saturated heterocycles. The quantitative estimate of drug-likeness (QED) is 0.879. The standard InChI is InChI=1S/C11H13N3O4S3/c1-11(2,3)6-4-19-10(13-6)14-21(17,18)9-7(8(15)16)12-5-20-9/h4-5H,1-3H3,(H,13,14)(H,15,16). The molecule has 0 aliphatic carbocycles. The summed E-state index contributed by atoms with van der Waals surface area (Å²) in [6.45, 7) is 5.89. The number of anilines is 1. The number of carbonyl (C=O) groups is 1. The van der Waals surface area contributed by atoms with Crippen molar-refractivity contribution in [2.45, 2.75) is 30.4 Å². The van der Waals surface area contributed by atoms with Gasteiger partial charge in [-0.3, -0.25) is 4.72 Å². The van der Waals surface area contributed by atoms with E-state index < -0.39 is 21.7 Å². The monoisotopic (exact) mass is 347 g/mol. The molecule has 0 saturated carbocycles. The number of hydrogen-bond donors (Lipinski definition) is 2. The first-order valence-corrected chi connectivity index (χ1v) is 9.01. The smallest absolute Gasteiger partial charge is 0.356 e. The number of nitrogens with one attached hydrogen (secondary N) is 1. The van der Waals surface area contributed by atoms with Crippen molar-refractivity contribution in [1.82, 2.24) is 9.97 Å². The first-order valence-electron chi connectivity index (χ1n) is 5.77. The SMILES string of the molecule is CC(C)(C)c1csc(NS(=O)(=O)c2scnc2C(=O)O)n1. The van der Waals surface area contributed by atoms with E-state index in [9.17, 15) is 13.2 Å². The Morgan fingerprint density at radius 2 is 2.00 bits per heavy atom. The van der Waals surface area contributed by atoms with Gasteiger partial charge in [-0.1, -0.05) is 20.8 Å². The van der Waals surface area contributed by atoms with E-state index >= 15 is 0 Å². The van der Waals surface area contributed by atoms with Crippen molar-refractivity contribution in [3.63, 3.8) is 0 Å². The molecule has 0 amide bonds. The van der Waals surface area contributed by atoms with Gasteiger partial charge in [0.05, 0.1) is 11.2 Å². The van der Waals surface area contributed by atoms with Gasteiger partial charge in [0, 0.05) is 10.8 Å². The molecule has 114 valence electrons. The van der Waals surface area contributed by atoms with Crippen LogP contribution >= 0.6 is 22.7 Å². The molecule has 0 radical (unpaired) electrons. The minimum atomic E-state index is -4.00. The molecule has 0 aliphatic heterocycles. The van der Waals surface area contributed by atoms with E-state index in [0.29, 0.717) is 0 Å². The third-order valence-corrected chi connectivity index (χ3v) is 6.07. The van der Waals surface area contributed by atoms with Gasteiger partial charge in [0.25, 0.3) is 10.0 Å². The predicted molar refractivity (Wildman–Crippen MR) is 80.7 cm³/mol. The normalized spacial score (nSPS) is 12.3. The molecule has 0 aromatic carbocycles. The molecule has 2 aromatic heterocycles. The molecule has 2 aromatic rings. The van der Waals surface area contributed by atoms with Gasteiger partial charge in [-0.15, -0.1) is 22.7 Å². The van der Waals surface area contributed by atoms with Gasteiger partial charge in [-0.25, -0.2) is 23.2 Å². The van der Waals surface area contributed by atoms with E-state index in [0.717, 1.165) is 28.4 Å². The Balaban J connectivity index is 2.32. The number of aromatic nitrogens is 2. The Bertz CT molecular complexity index is 771. The van der Waals surface area contributed by atoms with E-state index in [-0.39, 0.29) is 14.8 Å². The molecule has 2 rings (SSSR count). The number of nitrogens with zero attached hydrogens (tertiary/aromatic N) is 2. The summed E-state index contributed by atoms with van der Waals surface area (Å²) in [5.41, 5.74) is 1.25. The van der Waals surface area contributed by atoms with Crippen LogP contribution in [0, 0.1) is 0 Å².